The van der Waals surface area contributed by atoms with E-state index in [0.717, 1.165) is 30.5 Å². The van der Waals surface area contributed by atoms with Gasteiger partial charge in [0.25, 0.3) is 0 Å². The molecule has 0 N–H and O–H groups in total. The van der Waals surface area contributed by atoms with E-state index in [-0.39, 0.29) is 16.5 Å². The average molecular weight is 484 g/mol. The molecule has 10 heteroatoms. The summed E-state index contributed by atoms with van der Waals surface area (Å²) in [6, 6.07) is 8.79. The average Bonchev–Trinajstić information content (AvgIpc) is 2.78. The van der Waals surface area contributed by atoms with Crippen molar-refractivity contribution in [3.8, 4) is 17.6 Å². The first-order valence-electron chi connectivity index (χ1n) is 9.96. The van der Waals surface area contributed by atoms with E-state index in [0.29, 0.717) is 24.8 Å². The highest BCUT2D eigenvalue weighted by atomic mass is 19.4. The summed E-state index contributed by atoms with van der Waals surface area (Å²) in [4.78, 5) is 0. The van der Waals surface area contributed by atoms with Crippen molar-refractivity contribution in [3.63, 3.8) is 0 Å². The lowest BCUT2D eigenvalue weighted by Crippen LogP contribution is -2.22. The molecule has 0 bridgehead atoms. The summed E-state index contributed by atoms with van der Waals surface area (Å²) in [5.74, 6) is -0.786. The smallest absolute Gasteiger partial charge is 0.429 e. The summed E-state index contributed by atoms with van der Waals surface area (Å²) in [6.45, 7) is 1.03. The lowest BCUT2D eigenvalue weighted by molar-refractivity contribution is -0.186. The van der Waals surface area contributed by atoms with Gasteiger partial charge in [-0.05, 0) is 42.1 Å². The molecule has 3 aromatic rings. The second kappa shape index (κ2) is 9.16. The Hall–Kier alpha value is -3.29. The zero-order valence-corrected chi connectivity index (χ0v) is 17.2. The van der Waals surface area contributed by atoms with Crippen molar-refractivity contribution in [2.75, 3.05) is 13.2 Å². The van der Waals surface area contributed by atoms with E-state index in [4.69, 9.17) is 14.2 Å². The van der Waals surface area contributed by atoms with Crippen LogP contribution in [0.1, 0.15) is 29.4 Å². The number of ether oxygens (including phenoxy) is 3. The maximum Gasteiger partial charge on any atom is 0.458 e. The van der Waals surface area contributed by atoms with E-state index in [1.165, 1.54) is 30.2 Å². The van der Waals surface area contributed by atoms with Crippen molar-refractivity contribution in [1.29, 1.82) is 0 Å². The molecular formula is C24H15F7O3. The van der Waals surface area contributed by atoms with Crippen molar-refractivity contribution in [2.24, 2.45) is 0 Å². The Balaban J connectivity index is 1.59. The van der Waals surface area contributed by atoms with Gasteiger partial charge in [-0.15, -0.1) is 0 Å². The fourth-order valence-corrected chi connectivity index (χ4v) is 3.34. The molecule has 1 aliphatic rings. The SMILES string of the molecule is Fc1cc2cc(C(F)(F)Oc3ccc(C4OCCCO4)cc3)ccc2c(F)c1C#CC(F)(F)F. The Morgan fingerprint density at radius 3 is 2.21 bits per heavy atom. The molecule has 0 radical (unpaired) electrons. The topological polar surface area (TPSA) is 27.7 Å². The summed E-state index contributed by atoms with van der Waals surface area (Å²) in [6.07, 6.45) is -8.67. The van der Waals surface area contributed by atoms with Crippen LogP contribution in [0.2, 0.25) is 0 Å². The molecule has 0 aliphatic carbocycles. The van der Waals surface area contributed by atoms with Crippen LogP contribution in [-0.2, 0) is 15.6 Å². The lowest BCUT2D eigenvalue weighted by Gasteiger charge is -2.24. The summed E-state index contributed by atoms with van der Waals surface area (Å²) in [7, 11) is 0. The summed E-state index contributed by atoms with van der Waals surface area (Å²) in [5, 5.41) is -0.667. The molecule has 3 nitrogen and oxygen atoms in total. The Kier molecular flexibility index (Phi) is 6.43. The van der Waals surface area contributed by atoms with Crippen molar-refractivity contribution >= 4 is 10.8 Å². The van der Waals surface area contributed by atoms with E-state index in [1.54, 1.807) is 0 Å². The van der Waals surface area contributed by atoms with Crippen LogP contribution in [0.4, 0.5) is 30.7 Å². The van der Waals surface area contributed by atoms with E-state index < -0.39 is 41.3 Å². The van der Waals surface area contributed by atoms with Crippen LogP contribution in [-0.4, -0.2) is 19.4 Å². The molecule has 0 amide bonds. The summed E-state index contributed by atoms with van der Waals surface area (Å²) in [5.41, 5.74) is -1.20. The highest BCUT2D eigenvalue weighted by Crippen LogP contribution is 2.35. The van der Waals surface area contributed by atoms with Crippen LogP contribution in [0.15, 0.2) is 48.5 Å². The molecular weight excluding hydrogens is 469 g/mol. The zero-order chi connectivity index (χ0) is 24.5. The minimum atomic E-state index is -4.95. The van der Waals surface area contributed by atoms with Gasteiger partial charge in [0.15, 0.2) is 6.29 Å². The van der Waals surface area contributed by atoms with Gasteiger partial charge in [0.1, 0.15) is 17.4 Å². The largest absolute Gasteiger partial charge is 0.458 e. The Morgan fingerprint density at radius 2 is 1.56 bits per heavy atom. The summed E-state index contributed by atoms with van der Waals surface area (Å²) < 4.78 is 111. The van der Waals surface area contributed by atoms with Gasteiger partial charge in [0, 0.05) is 16.9 Å². The molecule has 1 saturated heterocycles. The van der Waals surface area contributed by atoms with Gasteiger partial charge in [-0.2, -0.15) is 22.0 Å². The van der Waals surface area contributed by atoms with Crippen LogP contribution in [0.3, 0.4) is 0 Å². The van der Waals surface area contributed by atoms with Gasteiger partial charge >= 0.3 is 12.3 Å². The minimum absolute atomic E-state index is 0.181. The maximum absolute atomic E-state index is 14.8. The fraction of sp³-hybridized carbons (Fsp3) is 0.250. The standard InChI is InChI=1S/C24H15F7O3/c25-20-13-15-12-16(4-7-18(15)21(26)19(20)8-9-23(27,28)29)24(30,31)34-17-5-2-14(3-6-17)22-32-10-1-11-33-22/h2-7,12-13,22H,1,10-11H2. The number of fused-ring (bicyclic) bond motifs is 1. The van der Waals surface area contributed by atoms with E-state index in [9.17, 15) is 30.7 Å². The Morgan fingerprint density at radius 1 is 0.882 bits per heavy atom. The molecule has 34 heavy (non-hydrogen) atoms. The number of halogens is 7. The minimum Gasteiger partial charge on any atom is -0.429 e. The molecule has 3 aromatic carbocycles. The van der Waals surface area contributed by atoms with Gasteiger partial charge in [-0.1, -0.05) is 24.1 Å². The first-order chi connectivity index (χ1) is 16.0. The van der Waals surface area contributed by atoms with E-state index in [2.05, 4.69) is 0 Å². The molecule has 178 valence electrons. The lowest BCUT2D eigenvalue weighted by atomic mass is 10.0. The third-order valence-electron chi connectivity index (χ3n) is 4.92. The predicted octanol–water partition coefficient (Wildman–Crippen LogP) is 6.60. The van der Waals surface area contributed by atoms with Crippen LogP contribution in [0.25, 0.3) is 10.8 Å². The molecule has 0 atom stereocenters. The van der Waals surface area contributed by atoms with Crippen LogP contribution in [0.5, 0.6) is 5.75 Å². The molecule has 0 saturated carbocycles. The van der Waals surface area contributed by atoms with Crippen molar-refractivity contribution < 1.29 is 44.9 Å². The third kappa shape index (κ3) is 5.26. The quantitative estimate of drug-likeness (QED) is 0.309. The zero-order valence-electron chi connectivity index (χ0n) is 17.2. The molecule has 0 unspecified atom stereocenters. The predicted molar refractivity (Wildman–Crippen MR) is 107 cm³/mol. The van der Waals surface area contributed by atoms with Gasteiger partial charge < -0.3 is 14.2 Å². The van der Waals surface area contributed by atoms with Crippen LogP contribution in [0, 0.1) is 23.5 Å². The van der Waals surface area contributed by atoms with Crippen molar-refractivity contribution in [3.05, 3.63) is 76.9 Å². The maximum atomic E-state index is 14.8. The van der Waals surface area contributed by atoms with Gasteiger partial charge in [0.2, 0.25) is 0 Å². The van der Waals surface area contributed by atoms with Crippen LogP contribution < -0.4 is 4.74 Å². The molecule has 0 spiro atoms. The Labute approximate surface area is 189 Å². The van der Waals surface area contributed by atoms with Gasteiger partial charge in [-0.25, -0.2) is 8.78 Å². The van der Waals surface area contributed by atoms with E-state index in [1.807, 2.05) is 0 Å². The first kappa shape index (κ1) is 23.9. The number of hydrogen-bond acceptors (Lipinski definition) is 3. The van der Waals surface area contributed by atoms with Crippen molar-refractivity contribution in [1.82, 2.24) is 0 Å². The normalized spacial score (nSPS) is 15.1. The highest BCUT2D eigenvalue weighted by Gasteiger charge is 2.35. The number of hydrogen-bond donors (Lipinski definition) is 0. The van der Waals surface area contributed by atoms with Crippen LogP contribution >= 0.6 is 0 Å². The summed E-state index contributed by atoms with van der Waals surface area (Å²) >= 11 is 0. The molecule has 0 aromatic heterocycles. The number of rotatable bonds is 4. The number of benzene rings is 3. The number of alkyl halides is 5. The van der Waals surface area contributed by atoms with Gasteiger partial charge in [0.05, 0.1) is 24.3 Å². The molecule has 1 heterocycles. The third-order valence-corrected chi connectivity index (χ3v) is 4.92. The monoisotopic (exact) mass is 484 g/mol. The van der Waals surface area contributed by atoms with E-state index >= 15 is 0 Å². The second-order valence-electron chi connectivity index (χ2n) is 7.35. The first-order valence-corrected chi connectivity index (χ1v) is 9.96. The molecule has 1 aliphatic heterocycles. The van der Waals surface area contributed by atoms with Gasteiger partial charge in [-0.3, -0.25) is 0 Å². The Bertz CT molecular complexity index is 1250. The molecule has 4 rings (SSSR count). The fourth-order valence-electron chi connectivity index (χ4n) is 3.34. The van der Waals surface area contributed by atoms with Crippen molar-refractivity contribution in [2.45, 2.75) is 25.0 Å². The highest BCUT2D eigenvalue weighted by molar-refractivity contribution is 5.85. The molecule has 1 fully saturated rings. The second-order valence-corrected chi connectivity index (χ2v) is 7.35.